The highest BCUT2D eigenvalue weighted by Crippen LogP contribution is 2.31. The van der Waals surface area contributed by atoms with E-state index in [0.29, 0.717) is 22.1 Å². The monoisotopic (exact) mass is 311 g/mol. The number of nitrogen functional groups attached to an aromatic ring is 1. The van der Waals surface area contributed by atoms with E-state index in [1.165, 1.54) is 6.20 Å². The van der Waals surface area contributed by atoms with Crippen molar-refractivity contribution in [3.63, 3.8) is 0 Å². The quantitative estimate of drug-likeness (QED) is 0.803. The van der Waals surface area contributed by atoms with Crippen LogP contribution in [0.1, 0.15) is 24.6 Å². The van der Waals surface area contributed by atoms with E-state index in [1.54, 1.807) is 4.52 Å². The number of anilines is 1. The Balaban J connectivity index is 2.34. The number of nitrogens with zero attached hydrogens (tertiary/aromatic N) is 4. The van der Waals surface area contributed by atoms with Crippen LogP contribution >= 0.6 is 11.6 Å². The minimum absolute atomic E-state index is 0.304. The highest BCUT2D eigenvalue weighted by Gasteiger charge is 2.18. The second-order valence-electron chi connectivity index (χ2n) is 4.99. The maximum atomic E-state index is 9.08. The Morgan fingerprint density at radius 1 is 1.41 bits per heavy atom. The van der Waals surface area contributed by atoms with E-state index in [4.69, 9.17) is 22.6 Å². The molecule has 3 rings (SSSR count). The fraction of sp³-hybridized carbons (Fsp3) is 0.188. The van der Waals surface area contributed by atoms with Gasteiger partial charge in [0, 0.05) is 10.6 Å². The molecule has 2 aromatic heterocycles. The Labute approximate surface area is 133 Å². The van der Waals surface area contributed by atoms with Crippen molar-refractivity contribution in [2.45, 2.75) is 19.8 Å². The summed E-state index contributed by atoms with van der Waals surface area (Å²) in [5, 5.41) is 14.3. The molecule has 110 valence electrons. The van der Waals surface area contributed by atoms with Crippen molar-refractivity contribution in [3.8, 4) is 17.2 Å². The molecule has 0 radical (unpaired) electrons. The molecule has 5 nitrogen and oxygen atoms in total. The van der Waals surface area contributed by atoms with Crippen molar-refractivity contribution in [2.75, 3.05) is 5.73 Å². The van der Waals surface area contributed by atoms with Crippen molar-refractivity contribution in [1.82, 2.24) is 14.6 Å². The van der Waals surface area contributed by atoms with Crippen LogP contribution in [-0.2, 0) is 6.42 Å². The molecule has 2 heterocycles. The summed E-state index contributed by atoms with van der Waals surface area (Å²) in [6.07, 6.45) is 3.23. The lowest BCUT2D eigenvalue weighted by atomic mass is 10.0. The van der Waals surface area contributed by atoms with E-state index < -0.39 is 0 Å². The molecule has 0 spiro atoms. The van der Waals surface area contributed by atoms with Gasteiger partial charge in [0.25, 0.3) is 0 Å². The van der Waals surface area contributed by atoms with E-state index >= 15 is 0 Å². The number of nitriles is 1. The Morgan fingerprint density at radius 2 is 2.23 bits per heavy atom. The average molecular weight is 312 g/mol. The fourth-order valence-electron chi connectivity index (χ4n) is 2.48. The van der Waals surface area contributed by atoms with Gasteiger partial charge in [-0.2, -0.15) is 14.9 Å². The van der Waals surface area contributed by atoms with Crippen LogP contribution in [-0.4, -0.2) is 14.6 Å². The third-order valence-corrected chi connectivity index (χ3v) is 3.71. The van der Waals surface area contributed by atoms with Crippen molar-refractivity contribution in [1.29, 1.82) is 5.26 Å². The van der Waals surface area contributed by atoms with Gasteiger partial charge in [0.1, 0.15) is 17.5 Å². The van der Waals surface area contributed by atoms with Gasteiger partial charge in [0.15, 0.2) is 5.65 Å². The minimum Gasteiger partial charge on any atom is -0.382 e. The van der Waals surface area contributed by atoms with E-state index in [9.17, 15) is 0 Å². The molecule has 0 atom stereocenters. The summed E-state index contributed by atoms with van der Waals surface area (Å²) >= 11 is 6.11. The number of hydrogen-bond donors (Lipinski definition) is 1. The van der Waals surface area contributed by atoms with Gasteiger partial charge in [0.2, 0.25) is 0 Å². The van der Waals surface area contributed by atoms with Crippen molar-refractivity contribution < 1.29 is 0 Å². The number of aromatic nitrogens is 3. The van der Waals surface area contributed by atoms with Gasteiger partial charge >= 0.3 is 0 Å². The van der Waals surface area contributed by atoms with Crippen molar-refractivity contribution in [3.05, 3.63) is 46.7 Å². The predicted molar refractivity (Wildman–Crippen MR) is 86.6 cm³/mol. The molecule has 0 amide bonds. The van der Waals surface area contributed by atoms with Gasteiger partial charge in [-0.15, -0.1) is 0 Å². The molecular weight excluding hydrogens is 298 g/mol. The van der Waals surface area contributed by atoms with Crippen LogP contribution < -0.4 is 5.73 Å². The first-order valence-electron chi connectivity index (χ1n) is 6.97. The lowest BCUT2D eigenvalue weighted by Gasteiger charge is -2.03. The van der Waals surface area contributed by atoms with Gasteiger partial charge in [-0.1, -0.05) is 37.1 Å². The van der Waals surface area contributed by atoms with Crippen LogP contribution in [0.5, 0.6) is 0 Å². The molecule has 0 aliphatic heterocycles. The molecule has 0 saturated heterocycles. The maximum Gasteiger partial charge on any atom is 0.165 e. The van der Waals surface area contributed by atoms with E-state index in [1.807, 2.05) is 30.3 Å². The van der Waals surface area contributed by atoms with E-state index in [-0.39, 0.29) is 0 Å². The van der Waals surface area contributed by atoms with Gasteiger partial charge in [-0.05, 0) is 24.1 Å². The van der Waals surface area contributed by atoms with E-state index in [0.717, 1.165) is 29.7 Å². The molecule has 1 aromatic carbocycles. The average Bonchev–Trinajstić information content (AvgIpc) is 2.87. The number of fused-ring (bicyclic) bond motifs is 1. The first-order chi connectivity index (χ1) is 10.7. The van der Waals surface area contributed by atoms with Crippen LogP contribution in [0, 0.1) is 11.3 Å². The normalized spacial score (nSPS) is 10.8. The third kappa shape index (κ3) is 2.28. The Kier molecular flexibility index (Phi) is 3.70. The summed E-state index contributed by atoms with van der Waals surface area (Å²) in [6, 6.07) is 9.60. The number of aryl methyl sites for hydroxylation is 1. The number of nitrogens with two attached hydrogens (primary N) is 1. The molecule has 6 heteroatoms. The fourth-order valence-corrected chi connectivity index (χ4v) is 2.67. The zero-order valence-corrected chi connectivity index (χ0v) is 12.8. The van der Waals surface area contributed by atoms with E-state index in [2.05, 4.69) is 17.0 Å². The smallest absolute Gasteiger partial charge is 0.165 e. The Morgan fingerprint density at radius 3 is 2.91 bits per heavy atom. The number of halogens is 1. The summed E-state index contributed by atoms with van der Waals surface area (Å²) in [5.74, 6) is 0.304. The summed E-state index contributed by atoms with van der Waals surface area (Å²) in [4.78, 5) is 4.38. The van der Waals surface area contributed by atoms with Crippen molar-refractivity contribution in [2.24, 2.45) is 0 Å². The predicted octanol–water partition coefficient (Wildman–Crippen LogP) is 3.46. The highest BCUT2D eigenvalue weighted by molar-refractivity contribution is 6.30. The molecule has 0 aliphatic rings. The second kappa shape index (κ2) is 5.66. The van der Waals surface area contributed by atoms with Crippen molar-refractivity contribution >= 4 is 23.1 Å². The maximum absolute atomic E-state index is 9.08. The second-order valence-corrected chi connectivity index (χ2v) is 5.42. The number of rotatable bonds is 3. The van der Waals surface area contributed by atoms with Crippen LogP contribution in [0.25, 0.3) is 16.8 Å². The summed E-state index contributed by atoms with van der Waals surface area (Å²) in [7, 11) is 0. The Hall–Kier alpha value is -2.58. The molecule has 0 unspecified atom stereocenters. The molecule has 0 bridgehead atoms. The van der Waals surface area contributed by atoms with Gasteiger partial charge < -0.3 is 5.73 Å². The van der Waals surface area contributed by atoms with Gasteiger partial charge in [0.05, 0.1) is 11.9 Å². The van der Waals surface area contributed by atoms with Crippen LogP contribution in [0.2, 0.25) is 5.02 Å². The van der Waals surface area contributed by atoms with Crippen LogP contribution in [0.4, 0.5) is 5.82 Å². The highest BCUT2D eigenvalue weighted by atomic mass is 35.5. The van der Waals surface area contributed by atoms with Crippen LogP contribution in [0.15, 0.2) is 30.5 Å². The third-order valence-electron chi connectivity index (χ3n) is 3.47. The lowest BCUT2D eigenvalue weighted by Crippen LogP contribution is -2.03. The lowest BCUT2D eigenvalue weighted by molar-refractivity contribution is 0.837. The summed E-state index contributed by atoms with van der Waals surface area (Å²) in [6.45, 7) is 2.09. The standard InChI is InChI=1S/C16H14ClN5/c1-2-4-13-14(10-5-3-6-12(17)7-10)16-20-9-11(8-18)15(19)22(16)21-13/h3,5-7,9H,2,4,19H2,1H3. The largest absolute Gasteiger partial charge is 0.382 e. The molecule has 22 heavy (non-hydrogen) atoms. The topological polar surface area (TPSA) is 80.0 Å². The van der Waals surface area contributed by atoms with Gasteiger partial charge in [-0.3, -0.25) is 0 Å². The molecule has 0 aliphatic carbocycles. The molecule has 3 aromatic rings. The Bertz CT molecular complexity index is 891. The first-order valence-corrected chi connectivity index (χ1v) is 7.35. The van der Waals surface area contributed by atoms with Crippen LogP contribution in [0.3, 0.4) is 0 Å². The molecule has 2 N–H and O–H groups in total. The first kappa shape index (κ1) is 14.4. The molecule has 0 fully saturated rings. The molecule has 0 saturated carbocycles. The molecular formula is C16H14ClN5. The zero-order chi connectivity index (χ0) is 15.7. The number of benzene rings is 1. The van der Waals surface area contributed by atoms with Gasteiger partial charge in [-0.25, -0.2) is 4.98 Å². The minimum atomic E-state index is 0.304. The summed E-state index contributed by atoms with van der Waals surface area (Å²) < 4.78 is 1.54. The SMILES string of the molecule is CCCc1nn2c(N)c(C#N)cnc2c1-c1cccc(Cl)c1. The number of hydrogen-bond acceptors (Lipinski definition) is 4. The zero-order valence-electron chi connectivity index (χ0n) is 12.0. The summed E-state index contributed by atoms with van der Waals surface area (Å²) in [5.41, 5.74) is 9.75.